The Kier molecular flexibility index (Phi) is 18.5. The number of aliphatic carboxylic acids is 2. The van der Waals surface area contributed by atoms with Crippen LogP contribution in [0.15, 0.2) is 60.7 Å². The molecule has 0 spiro atoms. The molecule has 17 heteroatoms. The quantitative estimate of drug-likeness (QED) is 0.0852. The number of nitrogens with two attached hydrogens (primary N) is 3. The number of carboxylic acids is 2. The first kappa shape index (κ1) is 38.2. The Labute approximate surface area is 264 Å². The summed E-state index contributed by atoms with van der Waals surface area (Å²) >= 11 is -1.88. The van der Waals surface area contributed by atoms with Gasteiger partial charge in [0.05, 0.1) is 0 Å². The number of carbonyl (C=O) groups excluding carboxylic acids is 1. The van der Waals surface area contributed by atoms with Crippen molar-refractivity contribution in [1.82, 2.24) is 0 Å². The van der Waals surface area contributed by atoms with Gasteiger partial charge in [0.25, 0.3) is 0 Å². The Bertz CT molecular complexity index is 1270. The van der Waals surface area contributed by atoms with Crippen LogP contribution in [0.25, 0.3) is 0 Å². The molecule has 40 heavy (non-hydrogen) atoms. The standard InChI is InChI=1S/C12H12As2N2O2.C11H12AsNO5S2.2ClH/c15-9-5-7(1-3-11(9)17)13-14-8-2-4-12(18)10(16)6-8;13-11(18)7-1-3-8(4-2-7)12(19-5-9(14)15)20-6-10(16)17;;/h1-6,17-18H,15-16H2;1-4H,5-6H2,(H2,13,18)(H,14,15)(H,16,17);2*1H. The van der Waals surface area contributed by atoms with E-state index in [1.54, 1.807) is 36.4 Å². The predicted molar refractivity (Wildman–Crippen MR) is 171 cm³/mol. The fourth-order valence-corrected chi connectivity index (χ4v) is 20.6. The molecule has 3 aromatic carbocycles. The third-order valence-corrected chi connectivity index (χ3v) is 25.5. The van der Waals surface area contributed by atoms with Crippen LogP contribution in [0.3, 0.4) is 0 Å². The fourth-order valence-electron chi connectivity index (χ4n) is 2.49. The molecule has 0 radical (unpaired) electrons. The number of halogens is 2. The van der Waals surface area contributed by atoms with E-state index >= 15 is 0 Å². The van der Waals surface area contributed by atoms with Crippen LogP contribution in [0.5, 0.6) is 11.5 Å². The zero-order chi connectivity index (χ0) is 28.2. The molecule has 216 valence electrons. The van der Waals surface area contributed by atoms with Gasteiger partial charge in [-0.05, 0) is 0 Å². The van der Waals surface area contributed by atoms with Gasteiger partial charge in [0, 0.05) is 0 Å². The van der Waals surface area contributed by atoms with Crippen LogP contribution in [-0.2, 0) is 9.59 Å². The maximum atomic E-state index is 11.0. The third-order valence-electron chi connectivity index (χ3n) is 4.28. The SMILES string of the molecule is Cl.Cl.NC(=O)c1ccc([As](SCC(=O)O)SCC(=O)O)cc1.Nc1cc(/[As]=[As]/c2ccc(O)c(N)c2)ccc1O. The average Bonchev–Trinajstić information content (AvgIpc) is 2.87. The van der Waals surface area contributed by atoms with Gasteiger partial charge >= 0.3 is 242 Å². The normalized spacial score (nSPS) is 10.1. The van der Waals surface area contributed by atoms with Gasteiger partial charge in [-0.25, -0.2) is 0 Å². The van der Waals surface area contributed by atoms with E-state index in [0.717, 1.165) is 4.35 Å². The van der Waals surface area contributed by atoms with Crippen molar-refractivity contribution in [2.45, 2.75) is 0 Å². The van der Waals surface area contributed by atoms with E-state index in [1.165, 1.54) is 28.8 Å². The van der Waals surface area contributed by atoms with E-state index in [4.69, 9.17) is 27.4 Å². The summed E-state index contributed by atoms with van der Waals surface area (Å²) in [6.07, 6.45) is 0. The number of phenols is 2. The summed E-state index contributed by atoms with van der Waals surface area (Å²) in [6, 6.07) is 17.3. The zero-order valence-corrected chi connectivity index (χ0v) is 29.3. The Morgan fingerprint density at radius 1 is 0.725 bits per heavy atom. The van der Waals surface area contributed by atoms with Crippen molar-refractivity contribution in [3.8, 4) is 11.5 Å². The first-order chi connectivity index (χ1) is 18.0. The van der Waals surface area contributed by atoms with Crippen LogP contribution >= 0.6 is 44.9 Å². The Hall–Kier alpha value is -1.77. The summed E-state index contributed by atoms with van der Waals surface area (Å²) < 4.78 is 3.27. The molecule has 10 N–H and O–H groups in total. The second-order valence-electron chi connectivity index (χ2n) is 7.19. The van der Waals surface area contributed by atoms with E-state index in [2.05, 4.69) is 0 Å². The molecule has 3 aromatic rings. The summed E-state index contributed by atoms with van der Waals surface area (Å²) in [6.45, 7) is 0. The summed E-state index contributed by atoms with van der Waals surface area (Å²) in [4.78, 5) is 32.2. The third kappa shape index (κ3) is 13.7. The zero-order valence-electron chi connectivity index (χ0n) is 20.4. The van der Waals surface area contributed by atoms with Gasteiger partial charge in [0.15, 0.2) is 0 Å². The fraction of sp³-hybridized carbons (Fsp3) is 0.0870. The van der Waals surface area contributed by atoms with Gasteiger partial charge < -0.3 is 0 Å². The summed E-state index contributed by atoms with van der Waals surface area (Å²) in [5.41, 5.74) is 17.7. The van der Waals surface area contributed by atoms with Gasteiger partial charge in [0.2, 0.25) is 0 Å². The summed E-state index contributed by atoms with van der Waals surface area (Å²) in [5.74, 6) is -2.27. The average molecular weight is 816 g/mol. The predicted octanol–water partition coefficient (Wildman–Crippen LogP) is 0.496. The topological polar surface area (TPSA) is 210 Å². The number of hydrogen-bond donors (Lipinski definition) is 7. The van der Waals surface area contributed by atoms with Crippen LogP contribution < -0.4 is 30.3 Å². The number of nitrogen functional groups attached to an aromatic ring is 2. The number of anilines is 2. The second kappa shape index (κ2) is 19.4. The van der Waals surface area contributed by atoms with Crippen molar-refractivity contribution in [3.63, 3.8) is 0 Å². The molecule has 0 fully saturated rings. The Balaban J connectivity index is 0.000000727. The number of phenolic OH excluding ortho intramolecular Hbond substituents is 2. The van der Waals surface area contributed by atoms with Crippen LogP contribution in [0.2, 0.25) is 0 Å². The van der Waals surface area contributed by atoms with E-state index in [0.29, 0.717) is 16.9 Å². The number of benzene rings is 3. The molecule has 3 rings (SSSR count). The molecule has 0 aliphatic rings. The van der Waals surface area contributed by atoms with E-state index in [9.17, 15) is 24.6 Å². The number of hydrogen-bond acceptors (Lipinski definition) is 9. The van der Waals surface area contributed by atoms with Crippen molar-refractivity contribution in [2.75, 3.05) is 23.0 Å². The summed E-state index contributed by atoms with van der Waals surface area (Å²) in [7, 11) is 2.54. The number of amides is 1. The van der Waals surface area contributed by atoms with Crippen LogP contribution in [-0.4, -0.2) is 88.4 Å². The van der Waals surface area contributed by atoms with E-state index < -0.39 is 30.2 Å². The second-order valence-corrected chi connectivity index (χ2v) is 26.1. The first-order valence-electron chi connectivity index (χ1n) is 10.4. The molecular weight excluding hydrogens is 790 g/mol. The van der Waals surface area contributed by atoms with Gasteiger partial charge in [-0.15, -0.1) is 24.8 Å². The van der Waals surface area contributed by atoms with E-state index in [-0.39, 0.29) is 74.1 Å². The molecular formula is C23H26As3Cl2N3O7S2. The number of rotatable bonds is 10. The number of carbonyl (C=O) groups is 3. The monoisotopic (exact) mass is 815 g/mol. The molecule has 1 amide bonds. The van der Waals surface area contributed by atoms with Crippen molar-refractivity contribution >= 4 is 126 Å². The molecule has 0 aliphatic heterocycles. The van der Waals surface area contributed by atoms with E-state index in [1.807, 2.05) is 24.3 Å². The minimum atomic E-state index is -1.91. The Morgan fingerprint density at radius 3 is 1.45 bits per heavy atom. The molecule has 0 saturated heterocycles. The number of carboxylic acid groups (broad SMARTS) is 2. The summed E-state index contributed by atoms with van der Waals surface area (Å²) in [5, 5.41) is 36.1. The first-order valence-corrected chi connectivity index (χ1v) is 24.9. The molecule has 0 unspecified atom stereocenters. The molecule has 10 nitrogen and oxygen atoms in total. The van der Waals surface area contributed by atoms with Crippen molar-refractivity contribution in [3.05, 3.63) is 66.2 Å². The maximum absolute atomic E-state index is 11.0. The van der Waals surface area contributed by atoms with Crippen LogP contribution in [0.1, 0.15) is 10.4 Å². The molecule has 0 aliphatic carbocycles. The molecule has 0 bridgehead atoms. The van der Waals surface area contributed by atoms with Gasteiger partial charge in [-0.1, -0.05) is 0 Å². The molecule has 0 atom stereocenters. The van der Waals surface area contributed by atoms with Gasteiger partial charge in [0.1, 0.15) is 0 Å². The Morgan fingerprint density at radius 2 is 1.12 bits per heavy atom. The number of aromatic hydroxyl groups is 2. The molecule has 0 saturated carbocycles. The van der Waals surface area contributed by atoms with Crippen molar-refractivity contribution < 1.29 is 34.8 Å². The van der Waals surface area contributed by atoms with Crippen molar-refractivity contribution in [2.24, 2.45) is 5.73 Å². The minimum absolute atomic E-state index is 0. The molecule has 0 heterocycles. The van der Waals surface area contributed by atoms with Crippen LogP contribution in [0.4, 0.5) is 11.4 Å². The van der Waals surface area contributed by atoms with Gasteiger partial charge in [-0.2, -0.15) is 0 Å². The van der Waals surface area contributed by atoms with Gasteiger partial charge in [-0.3, -0.25) is 0 Å². The molecule has 0 aromatic heterocycles. The van der Waals surface area contributed by atoms with Crippen molar-refractivity contribution in [1.29, 1.82) is 0 Å². The number of primary amides is 1. The van der Waals surface area contributed by atoms with Crippen LogP contribution in [0, 0.1) is 0 Å².